The van der Waals surface area contributed by atoms with Crippen LogP contribution >= 0.6 is 0 Å². The molecule has 6 nitrogen and oxygen atoms in total. The van der Waals surface area contributed by atoms with Crippen LogP contribution in [0.3, 0.4) is 0 Å². The molecule has 1 aliphatic carbocycles. The van der Waals surface area contributed by atoms with Gasteiger partial charge in [-0.25, -0.2) is 0 Å². The Balaban J connectivity index is 1.50. The number of nitrogens with zero attached hydrogens (tertiary/aromatic N) is 2. The van der Waals surface area contributed by atoms with Crippen LogP contribution < -0.4 is 14.8 Å². The molecule has 2 aliphatic rings. The number of methoxy groups -OCH3 is 1. The lowest BCUT2D eigenvalue weighted by Crippen LogP contribution is -2.47. The van der Waals surface area contributed by atoms with E-state index in [4.69, 9.17) is 14.2 Å². The van der Waals surface area contributed by atoms with E-state index in [0.717, 1.165) is 74.2 Å². The van der Waals surface area contributed by atoms with E-state index in [-0.39, 0.29) is 18.1 Å². The molecular formula is C28H41N3O3. The summed E-state index contributed by atoms with van der Waals surface area (Å²) in [6.07, 6.45) is 10.9. The third-order valence-corrected chi connectivity index (χ3v) is 7.31. The van der Waals surface area contributed by atoms with Gasteiger partial charge in [-0.05, 0) is 76.1 Å². The Morgan fingerprint density at radius 2 is 1.85 bits per heavy atom. The van der Waals surface area contributed by atoms with E-state index in [2.05, 4.69) is 59.7 Å². The summed E-state index contributed by atoms with van der Waals surface area (Å²) < 4.78 is 18.3. The van der Waals surface area contributed by atoms with Gasteiger partial charge in [0.1, 0.15) is 11.9 Å². The number of rotatable bonds is 10. The number of hydrogen-bond donors (Lipinski definition) is 1. The van der Waals surface area contributed by atoms with Crippen LogP contribution in [0.5, 0.6) is 11.6 Å². The maximum absolute atomic E-state index is 6.31. The zero-order valence-corrected chi connectivity index (χ0v) is 21.1. The van der Waals surface area contributed by atoms with Gasteiger partial charge >= 0.3 is 0 Å². The lowest BCUT2D eigenvalue weighted by atomic mass is 9.91. The SMILES string of the molecule is CCCCc1nnc(OC(C)C2CNCCC2OC)cc1-c1ccc(OC2CCCCC2)cc1. The van der Waals surface area contributed by atoms with E-state index >= 15 is 0 Å². The van der Waals surface area contributed by atoms with Crippen LogP contribution in [0.1, 0.15) is 70.9 Å². The van der Waals surface area contributed by atoms with Gasteiger partial charge in [0.25, 0.3) is 0 Å². The van der Waals surface area contributed by atoms with Gasteiger partial charge in [-0.15, -0.1) is 5.10 Å². The Bertz CT molecular complexity index is 883. The highest BCUT2D eigenvalue weighted by Gasteiger charge is 2.31. The van der Waals surface area contributed by atoms with Crippen LogP contribution in [0.4, 0.5) is 0 Å². The lowest BCUT2D eigenvalue weighted by molar-refractivity contribution is -0.0160. The summed E-state index contributed by atoms with van der Waals surface area (Å²) in [5, 5.41) is 12.5. The largest absolute Gasteiger partial charge is 0.490 e. The molecule has 1 saturated heterocycles. The van der Waals surface area contributed by atoms with Crippen molar-refractivity contribution in [1.82, 2.24) is 15.5 Å². The smallest absolute Gasteiger partial charge is 0.234 e. The van der Waals surface area contributed by atoms with Crippen molar-refractivity contribution in [1.29, 1.82) is 0 Å². The number of aryl methyl sites for hydroxylation is 1. The van der Waals surface area contributed by atoms with Crippen molar-refractivity contribution in [2.45, 2.75) is 89.9 Å². The van der Waals surface area contributed by atoms with Crippen molar-refractivity contribution in [3.05, 3.63) is 36.0 Å². The van der Waals surface area contributed by atoms with Gasteiger partial charge in [-0.1, -0.05) is 31.9 Å². The molecule has 3 unspecified atom stereocenters. The minimum atomic E-state index is -0.0207. The second-order valence-corrected chi connectivity index (χ2v) is 9.80. The van der Waals surface area contributed by atoms with Crippen molar-refractivity contribution in [3.63, 3.8) is 0 Å². The first-order chi connectivity index (χ1) is 16.7. The molecule has 186 valence electrons. The number of ether oxygens (including phenoxy) is 3. The van der Waals surface area contributed by atoms with E-state index in [9.17, 15) is 0 Å². The fourth-order valence-corrected chi connectivity index (χ4v) is 5.22. The molecule has 34 heavy (non-hydrogen) atoms. The van der Waals surface area contributed by atoms with E-state index < -0.39 is 0 Å². The van der Waals surface area contributed by atoms with Gasteiger partial charge in [-0.2, -0.15) is 5.10 Å². The minimum absolute atomic E-state index is 0.0207. The molecule has 0 amide bonds. The molecule has 2 heterocycles. The third-order valence-electron chi connectivity index (χ3n) is 7.31. The number of piperidine rings is 1. The van der Waals surface area contributed by atoms with Crippen LogP contribution in [-0.2, 0) is 11.2 Å². The minimum Gasteiger partial charge on any atom is -0.490 e. The number of benzene rings is 1. The number of unbranched alkanes of at least 4 members (excludes halogenated alkanes) is 1. The van der Waals surface area contributed by atoms with Crippen LogP contribution in [-0.4, -0.2) is 48.7 Å². The van der Waals surface area contributed by atoms with E-state index in [1.54, 1.807) is 7.11 Å². The van der Waals surface area contributed by atoms with E-state index in [0.29, 0.717) is 12.0 Å². The van der Waals surface area contributed by atoms with Gasteiger partial charge in [0.05, 0.1) is 17.9 Å². The Morgan fingerprint density at radius 3 is 2.59 bits per heavy atom. The first kappa shape index (κ1) is 24.9. The van der Waals surface area contributed by atoms with Crippen LogP contribution in [0.25, 0.3) is 11.1 Å². The first-order valence-corrected chi connectivity index (χ1v) is 13.2. The summed E-state index contributed by atoms with van der Waals surface area (Å²) in [4.78, 5) is 0. The maximum Gasteiger partial charge on any atom is 0.234 e. The predicted molar refractivity (Wildman–Crippen MR) is 135 cm³/mol. The molecule has 1 N–H and O–H groups in total. The molecule has 4 rings (SSSR count). The summed E-state index contributed by atoms with van der Waals surface area (Å²) in [5.41, 5.74) is 3.25. The molecule has 2 aromatic rings. The molecule has 6 heteroatoms. The summed E-state index contributed by atoms with van der Waals surface area (Å²) in [6, 6.07) is 10.5. The highest BCUT2D eigenvalue weighted by atomic mass is 16.5. The zero-order valence-electron chi connectivity index (χ0n) is 21.1. The number of nitrogens with one attached hydrogen (secondary N) is 1. The molecule has 0 radical (unpaired) electrons. The molecule has 1 aliphatic heterocycles. The van der Waals surface area contributed by atoms with Crippen molar-refractivity contribution >= 4 is 0 Å². The standard InChI is InChI=1S/C28H41N3O3/c1-4-5-11-26-24(21-12-14-23(15-13-21)34-22-9-7-6-8-10-22)18-28(31-30-26)33-20(2)25-19-29-17-16-27(25)32-3/h12-15,18,20,22,25,27,29H,4-11,16-17,19H2,1-3H3. The molecule has 0 bridgehead atoms. The quantitative estimate of drug-likeness (QED) is 0.491. The molecule has 1 aromatic heterocycles. The summed E-state index contributed by atoms with van der Waals surface area (Å²) in [6.45, 7) is 6.18. The van der Waals surface area contributed by atoms with Gasteiger partial charge in [0, 0.05) is 31.2 Å². The van der Waals surface area contributed by atoms with Crippen molar-refractivity contribution in [3.8, 4) is 22.8 Å². The summed E-state index contributed by atoms with van der Waals surface area (Å²) >= 11 is 0. The highest BCUT2D eigenvalue weighted by Crippen LogP contribution is 2.31. The normalized spacial score (nSPS) is 22.3. The monoisotopic (exact) mass is 467 g/mol. The van der Waals surface area contributed by atoms with Crippen molar-refractivity contribution in [2.75, 3.05) is 20.2 Å². The molecule has 1 aromatic carbocycles. The van der Waals surface area contributed by atoms with Crippen LogP contribution in [0.15, 0.2) is 30.3 Å². The summed E-state index contributed by atoms with van der Waals surface area (Å²) in [5.74, 6) is 1.80. The van der Waals surface area contributed by atoms with Gasteiger partial charge in [0.15, 0.2) is 0 Å². The second kappa shape index (κ2) is 12.5. The number of hydrogen-bond acceptors (Lipinski definition) is 6. The Labute approximate surface area is 204 Å². The van der Waals surface area contributed by atoms with Gasteiger partial charge in [-0.3, -0.25) is 0 Å². The summed E-state index contributed by atoms with van der Waals surface area (Å²) in [7, 11) is 1.79. The number of aromatic nitrogens is 2. The van der Waals surface area contributed by atoms with E-state index in [1.165, 1.54) is 19.3 Å². The molecule has 1 saturated carbocycles. The maximum atomic E-state index is 6.31. The fourth-order valence-electron chi connectivity index (χ4n) is 5.22. The Kier molecular flexibility index (Phi) is 9.17. The first-order valence-electron chi connectivity index (χ1n) is 13.2. The third kappa shape index (κ3) is 6.48. The van der Waals surface area contributed by atoms with Crippen molar-refractivity contribution in [2.24, 2.45) is 5.92 Å². The van der Waals surface area contributed by atoms with Gasteiger partial charge in [0.2, 0.25) is 5.88 Å². The van der Waals surface area contributed by atoms with Crippen molar-refractivity contribution < 1.29 is 14.2 Å². The molecule has 0 spiro atoms. The average Bonchev–Trinajstić information content (AvgIpc) is 2.89. The average molecular weight is 468 g/mol. The molecule has 2 fully saturated rings. The van der Waals surface area contributed by atoms with E-state index in [1.807, 2.05) is 0 Å². The zero-order chi connectivity index (χ0) is 23.8. The topological polar surface area (TPSA) is 65.5 Å². The highest BCUT2D eigenvalue weighted by molar-refractivity contribution is 5.67. The van der Waals surface area contributed by atoms with Crippen LogP contribution in [0.2, 0.25) is 0 Å². The Morgan fingerprint density at radius 1 is 1.06 bits per heavy atom. The van der Waals surface area contributed by atoms with Crippen LogP contribution in [0, 0.1) is 5.92 Å². The molecule has 3 atom stereocenters. The fraction of sp³-hybridized carbons (Fsp3) is 0.643. The predicted octanol–water partition coefficient (Wildman–Crippen LogP) is 5.59. The second-order valence-electron chi connectivity index (χ2n) is 9.80. The molecular weight excluding hydrogens is 426 g/mol. The lowest BCUT2D eigenvalue weighted by Gasteiger charge is -2.34. The Hall–Kier alpha value is -2.18. The van der Waals surface area contributed by atoms with Gasteiger partial charge < -0.3 is 19.5 Å².